The van der Waals surface area contributed by atoms with Crippen LogP contribution in [-0.2, 0) is 9.53 Å². The fourth-order valence-electron chi connectivity index (χ4n) is 2.83. The molecule has 1 amide bonds. The Morgan fingerprint density at radius 1 is 1.26 bits per heavy atom. The van der Waals surface area contributed by atoms with Crippen LogP contribution in [0.3, 0.4) is 0 Å². The van der Waals surface area contributed by atoms with E-state index in [1.165, 1.54) is 7.11 Å². The van der Waals surface area contributed by atoms with Gasteiger partial charge >= 0.3 is 0 Å². The molecule has 2 aliphatic heterocycles. The molecule has 0 N–H and O–H groups in total. The number of ether oxygens (including phenoxy) is 3. The van der Waals surface area contributed by atoms with E-state index >= 15 is 0 Å². The van der Waals surface area contributed by atoms with Crippen molar-refractivity contribution in [2.24, 2.45) is 0 Å². The first-order chi connectivity index (χ1) is 11.2. The van der Waals surface area contributed by atoms with Gasteiger partial charge in [0.1, 0.15) is 6.29 Å². The minimum Gasteiger partial charge on any atom is -0.493 e. The first-order valence-corrected chi connectivity index (χ1v) is 7.63. The lowest BCUT2D eigenvalue weighted by atomic mass is 10.1. The molecule has 1 saturated heterocycles. The first kappa shape index (κ1) is 15.8. The van der Waals surface area contributed by atoms with Gasteiger partial charge in [-0.15, -0.1) is 0 Å². The van der Waals surface area contributed by atoms with E-state index in [0.717, 1.165) is 39.1 Å². The van der Waals surface area contributed by atoms with Crippen molar-refractivity contribution in [3.8, 4) is 11.5 Å². The second kappa shape index (κ2) is 6.97. The van der Waals surface area contributed by atoms with Gasteiger partial charge in [0.05, 0.1) is 26.0 Å². The van der Waals surface area contributed by atoms with Crippen LogP contribution in [0.15, 0.2) is 12.1 Å². The Morgan fingerprint density at radius 2 is 2.04 bits per heavy atom. The fourth-order valence-corrected chi connectivity index (χ4v) is 2.83. The molecule has 2 aliphatic rings. The molecule has 0 unspecified atom stereocenters. The lowest BCUT2D eigenvalue weighted by Crippen LogP contribution is -2.46. The summed E-state index contributed by atoms with van der Waals surface area (Å²) in [4.78, 5) is 27.3. The standard InChI is InChI=1S/C16H20N2O5/c1-21-14-9-12(10-19)8-13-16(14)23-11-15(20)18(13)3-2-17-4-6-22-7-5-17/h8-10H,2-7,11H2,1H3. The number of hydrogen-bond acceptors (Lipinski definition) is 6. The molecule has 1 aromatic carbocycles. The van der Waals surface area contributed by atoms with Crippen LogP contribution in [0, 0.1) is 0 Å². The van der Waals surface area contributed by atoms with Crippen molar-refractivity contribution in [1.29, 1.82) is 0 Å². The van der Waals surface area contributed by atoms with Crippen LogP contribution in [0.2, 0.25) is 0 Å². The van der Waals surface area contributed by atoms with Gasteiger partial charge in [0.25, 0.3) is 5.91 Å². The molecule has 124 valence electrons. The maximum absolute atomic E-state index is 12.3. The smallest absolute Gasteiger partial charge is 0.265 e. The largest absolute Gasteiger partial charge is 0.493 e. The number of amides is 1. The van der Waals surface area contributed by atoms with Crippen molar-refractivity contribution in [3.05, 3.63) is 17.7 Å². The van der Waals surface area contributed by atoms with Crippen molar-refractivity contribution < 1.29 is 23.8 Å². The van der Waals surface area contributed by atoms with Gasteiger partial charge in [0.2, 0.25) is 0 Å². The number of aldehydes is 1. The van der Waals surface area contributed by atoms with Crippen molar-refractivity contribution in [2.45, 2.75) is 0 Å². The zero-order valence-electron chi connectivity index (χ0n) is 13.1. The van der Waals surface area contributed by atoms with Gasteiger partial charge in [0.15, 0.2) is 18.1 Å². The predicted octanol–water partition coefficient (Wildman–Crippen LogP) is 0.565. The zero-order chi connectivity index (χ0) is 16.2. The number of rotatable bonds is 5. The maximum Gasteiger partial charge on any atom is 0.265 e. The van der Waals surface area contributed by atoms with E-state index in [2.05, 4.69) is 4.90 Å². The third kappa shape index (κ3) is 3.30. The van der Waals surface area contributed by atoms with Crippen molar-refractivity contribution in [3.63, 3.8) is 0 Å². The lowest BCUT2D eigenvalue weighted by molar-refractivity contribution is -0.121. The van der Waals surface area contributed by atoms with Gasteiger partial charge in [0, 0.05) is 31.7 Å². The topological polar surface area (TPSA) is 68.3 Å². The van der Waals surface area contributed by atoms with Crippen molar-refractivity contribution >= 4 is 17.9 Å². The Kier molecular flexibility index (Phi) is 4.78. The molecule has 3 rings (SSSR count). The number of fused-ring (bicyclic) bond motifs is 1. The van der Waals surface area contributed by atoms with Crippen LogP contribution >= 0.6 is 0 Å². The van der Waals surface area contributed by atoms with Gasteiger partial charge in [-0.3, -0.25) is 14.5 Å². The average Bonchev–Trinajstić information content (AvgIpc) is 2.60. The maximum atomic E-state index is 12.3. The lowest BCUT2D eigenvalue weighted by Gasteiger charge is -2.33. The summed E-state index contributed by atoms with van der Waals surface area (Å²) in [5, 5.41) is 0. The Bertz CT molecular complexity index is 598. The quantitative estimate of drug-likeness (QED) is 0.739. The summed E-state index contributed by atoms with van der Waals surface area (Å²) in [5.74, 6) is 0.865. The highest BCUT2D eigenvalue weighted by Crippen LogP contribution is 2.41. The second-order valence-corrected chi connectivity index (χ2v) is 5.48. The van der Waals surface area contributed by atoms with Gasteiger partial charge < -0.3 is 19.1 Å². The van der Waals surface area contributed by atoms with Crippen LogP contribution in [0.25, 0.3) is 0 Å². The average molecular weight is 320 g/mol. The number of methoxy groups -OCH3 is 1. The van der Waals surface area contributed by atoms with Crippen LogP contribution in [-0.4, -0.2) is 70.2 Å². The Labute approximate surface area is 134 Å². The summed E-state index contributed by atoms with van der Waals surface area (Å²) in [5.41, 5.74) is 1.05. The summed E-state index contributed by atoms with van der Waals surface area (Å²) >= 11 is 0. The van der Waals surface area contributed by atoms with E-state index in [-0.39, 0.29) is 12.5 Å². The number of nitrogens with zero attached hydrogens (tertiary/aromatic N) is 2. The molecule has 0 aromatic heterocycles. The minimum atomic E-state index is -0.115. The molecule has 1 fully saturated rings. The Hall–Kier alpha value is -2.12. The van der Waals surface area contributed by atoms with Crippen LogP contribution in [0.4, 0.5) is 5.69 Å². The molecular formula is C16H20N2O5. The van der Waals surface area contributed by atoms with Crippen molar-refractivity contribution in [2.75, 3.05) is 58.0 Å². The van der Waals surface area contributed by atoms with Gasteiger partial charge in [-0.25, -0.2) is 0 Å². The molecule has 2 heterocycles. The van der Waals surface area contributed by atoms with E-state index in [0.29, 0.717) is 29.3 Å². The molecule has 0 spiro atoms. The summed E-state index contributed by atoms with van der Waals surface area (Å²) in [6.45, 7) is 4.44. The number of hydrogen-bond donors (Lipinski definition) is 0. The van der Waals surface area contributed by atoms with E-state index < -0.39 is 0 Å². The summed E-state index contributed by atoms with van der Waals surface area (Å²) in [7, 11) is 1.52. The molecule has 0 atom stereocenters. The third-order valence-corrected chi connectivity index (χ3v) is 4.09. The molecule has 0 aliphatic carbocycles. The summed E-state index contributed by atoms with van der Waals surface area (Å²) < 4.78 is 16.1. The predicted molar refractivity (Wildman–Crippen MR) is 83.5 cm³/mol. The van der Waals surface area contributed by atoms with E-state index in [4.69, 9.17) is 14.2 Å². The van der Waals surface area contributed by atoms with E-state index in [1.807, 2.05) is 0 Å². The molecule has 7 heteroatoms. The molecule has 23 heavy (non-hydrogen) atoms. The SMILES string of the molecule is COc1cc(C=O)cc2c1OCC(=O)N2CCN1CCOCC1. The molecule has 1 aromatic rings. The monoisotopic (exact) mass is 320 g/mol. The Balaban J connectivity index is 1.83. The number of anilines is 1. The number of benzene rings is 1. The zero-order valence-corrected chi connectivity index (χ0v) is 13.1. The van der Waals surface area contributed by atoms with E-state index in [9.17, 15) is 9.59 Å². The molecule has 7 nitrogen and oxygen atoms in total. The van der Waals surface area contributed by atoms with Gasteiger partial charge in [-0.2, -0.15) is 0 Å². The number of carbonyl (C=O) groups is 2. The fraction of sp³-hybridized carbons (Fsp3) is 0.500. The normalized spacial score (nSPS) is 18.3. The molecule has 0 bridgehead atoms. The third-order valence-electron chi connectivity index (χ3n) is 4.09. The van der Waals surface area contributed by atoms with Gasteiger partial charge in [-0.1, -0.05) is 0 Å². The Morgan fingerprint density at radius 3 is 2.74 bits per heavy atom. The van der Waals surface area contributed by atoms with Crippen LogP contribution < -0.4 is 14.4 Å². The highest BCUT2D eigenvalue weighted by Gasteiger charge is 2.29. The highest BCUT2D eigenvalue weighted by atomic mass is 16.5. The molecular weight excluding hydrogens is 300 g/mol. The molecule has 0 radical (unpaired) electrons. The van der Waals surface area contributed by atoms with Gasteiger partial charge in [-0.05, 0) is 12.1 Å². The summed E-state index contributed by atoms with van der Waals surface area (Å²) in [6, 6.07) is 3.28. The first-order valence-electron chi connectivity index (χ1n) is 7.63. The second-order valence-electron chi connectivity index (χ2n) is 5.48. The van der Waals surface area contributed by atoms with E-state index in [1.54, 1.807) is 17.0 Å². The van der Waals surface area contributed by atoms with Crippen LogP contribution in [0.5, 0.6) is 11.5 Å². The highest BCUT2D eigenvalue weighted by molar-refractivity contribution is 5.99. The van der Waals surface area contributed by atoms with Crippen molar-refractivity contribution in [1.82, 2.24) is 4.90 Å². The summed E-state index contributed by atoms with van der Waals surface area (Å²) in [6.07, 6.45) is 0.738. The minimum absolute atomic E-state index is 0.0209. The molecule has 0 saturated carbocycles. The van der Waals surface area contributed by atoms with Crippen LogP contribution in [0.1, 0.15) is 10.4 Å². The number of carbonyl (C=O) groups excluding carboxylic acids is 2. The number of morpholine rings is 1.